The Morgan fingerprint density at radius 2 is 1.92 bits per heavy atom. The van der Waals surface area contributed by atoms with Gasteiger partial charge in [-0.05, 0) is 44.4 Å². The van der Waals surface area contributed by atoms with Crippen LogP contribution in [-0.4, -0.2) is 5.60 Å². The molecule has 13 heavy (non-hydrogen) atoms. The molecule has 1 nitrogen and oxygen atoms in total. The average Bonchev–Trinajstić information content (AvgIpc) is 2.05. The third-order valence-electron chi connectivity index (χ3n) is 3.40. The lowest BCUT2D eigenvalue weighted by Crippen LogP contribution is -2.33. The molecule has 0 amide bonds. The van der Waals surface area contributed by atoms with Crippen LogP contribution in [0.2, 0.25) is 0 Å². The van der Waals surface area contributed by atoms with Crippen molar-refractivity contribution in [3.8, 4) is 0 Å². The molecule has 1 fully saturated rings. The molecule has 0 radical (unpaired) electrons. The maximum Gasteiger partial charge on any atom is 0.105 e. The molecule has 0 aromatic heterocycles. The third kappa shape index (κ3) is 2.75. The van der Waals surface area contributed by atoms with E-state index >= 15 is 0 Å². The second-order valence-corrected chi connectivity index (χ2v) is 4.82. The van der Waals surface area contributed by atoms with E-state index < -0.39 is 0 Å². The molecule has 0 N–H and O–H groups in total. The summed E-state index contributed by atoms with van der Waals surface area (Å²) < 4.78 is 5.56. The molecule has 0 bridgehead atoms. The number of hydrogen-bond acceptors (Lipinski definition) is 1. The minimum atomic E-state index is 0.0765. The largest absolute Gasteiger partial charge is 0.496 e. The van der Waals surface area contributed by atoms with Gasteiger partial charge in [0, 0.05) is 0 Å². The van der Waals surface area contributed by atoms with E-state index in [2.05, 4.69) is 27.4 Å². The molecule has 1 rings (SSSR count). The van der Waals surface area contributed by atoms with E-state index in [9.17, 15) is 0 Å². The monoisotopic (exact) mass is 182 g/mol. The Kier molecular flexibility index (Phi) is 3.40. The topological polar surface area (TPSA) is 9.23 Å². The van der Waals surface area contributed by atoms with Gasteiger partial charge in [-0.2, -0.15) is 0 Å². The summed E-state index contributed by atoms with van der Waals surface area (Å²) in [5, 5.41) is 0. The summed E-state index contributed by atoms with van der Waals surface area (Å²) >= 11 is 0. The van der Waals surface area contributed by atoms with Crippen LogP contribution in [0.25, 0.3) is 0 Å². The van der Waals surface area contributed by atoms with Crippen molar-refractivity contribution >= 4 is 0 Å². The van der Waals surface area contributed by atoms with Crippen molar-refractivity contribution in [3.63, 3.8) is 0 Å². The molecule has 0 saturated heterocycles. The van der Waals surface area contributed by atoms with Gasteiger partial charge in [0.2, 0.25) is 0 Å². The van der Waals surface area contributed by atoms with Crippen LogP contribution in [0.15, 0.2) is 12.8 Å². The Hall–Kier alpha value is -0.460. The van der Waals surface area contributed by atoms with Gasteiger partial charge < -0.3 is 4.74 Å². The molecule has 0 aromatic rings. The van der Waals surface area contributed by atoms with Gasteiger partial charge in [-0.15, -0.1) is 0 Å². The van der Waals surface area contributed by atoms with Crippen LogP contribution in [0.5, 0.6) is 0 Å². The van der Waals surface area contributed by atoms with Crippen LogP contribution in [0.3, 0.4) is 0 Å². The van der Waals surface area contributed by atoms with Crippen LogP contribution < -0.4 is 0 Å². The van der Waals surface area contributed by atoms with E-state index in [4.69, 9.17) is 4.74 Å². The Balaban J connectivity index is 2.41. The van der Waals surface area contributed by atoms with Gasteiger partial charge in [0.05, 0.1) is 6.26 Å². The van der Waals surface area contributed by atoms with Crippen molar-refractivity contribution in [2.45, 2.75) is 52.1 Å². The number of hydrogen-bond donors (Lipinski definition) is 0. The van der Waals surface area contributed by atoms with Gasteiger partial charge in [-0.25, -0.2) is 0 Å². The second-order valence-electron chi connectivity index (χ2n) is 4.82. The van der Waals surface area contributed by atoms with E-state index in [0.29, 0.717) is 0 Å². The van der Waals surface area contributed by atoms with Crippen LogP contribution in [0.1, 0.15) is 46.5 Å². The first-order valence-corrected chi connectivity index (χ1v) is 5.36. The summed E-state index contributed by atoms with van der Waals surface area (Å²) in [7, 11) is 0. The number of ether oxygens (including phenoxy) is 1. The smallest absolute Gasteiger partial charge is 0.105 e. The quantitative estimate of drug-likeness (QED) is 0.604. The van der Waals surface area contributed by atoms with Gasteiger partial charge in [-0.3, -0.25) is 0 Å². The van der Waals surface area contributed by atoms with Crippen molar-refractivity contribution in [1.29, 1.82) is 0 Å². The first-order valence-electron chi connectivity index (χ1n) is 5.36. The van der Waals surface area contributed by atoms with E-state index in [1.165, 1.54) is 25.7 Å². The highest BCUT2D eigenvalue weighted by Crippen LogP contribution is 2.37. The van der Waals surface area contributed by atoms with Crippen molar-refractivity contribution in [2.75, 3.05) is 0 Å². The summed E-state index contributed by atoms with van der Waals surface area (Å²) in [6.45, 7) is 10.5. The SMILES string of the molecule is C=COC1(C)CCC(C(C)C)CC1. The predicted molar refractivity (Wildman–Crippen MR) is 56.5 cm³/mol. The first-order chi connectivity index (χ1) is 6.07. The minimum absolute atomic E-state index is 0.0765. The van der Waals surface area contributed by atoms with Gasteiger partial charge in [0.15, 0.2) is 0 Å². The summed E-state index contributed by atoms with van der Waals surface area (Å²) in [6, 6.07) is 0. The van der Waals surface area contributed by atoms with E-state index in [0.717, 1.165) is 11.8 Å². The fourth-order valence-corrected chi connectivity index (χ4v) is 2.24. The maximum absolute atomic E-state index is 5.56. The van der Waals surface area contributed by atoms with Gasteiger partial charge in [0.1, 0.15) is 5.60 Å². The molecule has 1 heteroatoms. The zero-order valence-corrected chi connectivity index (χ0v) is 9.18. The number of rotatable bonds is 3. The molecule has 0 heterocycles. The third-order valence-corrected chi connectivity index (χ3v) is 3.40. The average molecular weight is 182 g/mol. The Labute approximate surface area is 82.2 Å². The molecular weight excluding hydrogens is 160 g/mol. The molecular formula is C12H22O. The molecule has 76 valence electrons. The van der Waals surface area contributed by atoms with Gasteiger partial charge >= 0.3 is 0 Å². The normalized spacial score (nSPS) is 34.6. The zero-order valence-electron chi connectivity index (χ0n) is 9.18. The Morgan fingerprint density at radius 3 is 2.31 bits per heavy atom. The lowest BCUT2D eigenvalue weighted by atomic mass is 9.75. The second kappa shape index (κ2) is 4.17. The van der Waals surface area contributed by atoms with Crippen molar-refractivity contribution < 1.29 is 4.74 Å². The van der Waals surface area contributed by atoms with Crippen molar-refractivity contribution in [2.24, 2.45) is 11.8 Å². The summed E-state index contributed by atoms with van der Waals surface area (Å²) in [4.78, 5) is 0. The highest BCUT2D eigenvalue weighted by molar-refractivity contribution is 4.85. The lowest BCUT2D eigenvalue weighted by Gasteiger charge is -2.37. The lowest BCUT2D eigenvalue weighted by molar-refractivity contribution is -0.0118. The van der Waals surface area contributed by atoms with Crippen LogP contribution in [0, 0.1) is 11.8 Å². The molecule has 1 aliphatic carbocycles. The zero-order chi connectivity index (χ0) is 9.90. The summed E-state index contributed by atoms with van der Waals surface area (Å²) in [5.74, 6) is 1.73. The fraction of sp³-hybridized carbons (Fsp3) is 0.833. The predicted octanol–water partition coefficient (Wildman–Crippen LogP) is 3.75. The van der Waals surface area contributed by atoms with Crippen LogP contribution in [-0.2, 0) is 4.74 Å². The standard InChI is InChI=1S/C12H22O/c1-5-13-12(4)8-6-11(7-9-12)10(2)3/h5,10-11H,1,6-9H2,2-4H3. The summed E-state index contributed by atoms with van der Waals surface area (Å²) in [5.41, 5.74) is 0.0765. The highest BCUT2D eigenvalue weighted by Gasteiger charge is 2.32. The van der Waals surface area contributed by atoms with Gasteiger partial charge in [0.25, 0.3) is 0 Å². The molecule has 0 spiro atoms. The molecule has 1 saturated carbocycles. The van der Waals surface area contributed by atoms with Gasteiger partial charge in [-0.1, -0.05) is 20.4 Å². The Bertz CT molecular complexity index is 164. The molecule has 0 unspecified atom stereocenters. The Morgan fingerprint density at radius 1 is 1.38 bits per heavy atom. The van der Waals surface area contributed by atoms with Crippen LogP contribution >= 0.6 is 0 Å². The highest BCUT2D eigenvalue weighted by atomic mass is 16.5. The van der Waals surface area contributed by atoms with Crippen molar-refractivity contribution in [1.82, 2.24) is 0 Å². The first kappa shape index (κ1) is 10.6. The van der Waals surface area contributed by atoms with E-state index in [-0.39, 0.29) is 5.60 Å². The molecule has 1 aliphatic rings. The van der Waals surface area contributed by atoms with E-state index in [1.807, 2.05) is 0 Å². The van der Waals surface area contributed by atoms with Crippen molar-refractivity contribution in [3.05, 3.63) is 12.8 Å². The van der Waals surface area contributed by atoms with E-state index in [1.54, 1.807) is 6.26 Å². The maximum atomic E-state index is 5.56. The molecule has 0 aliphatic heterocycles. The minimum Gasteiger partial charge on any atom is -0.496 e. The molecule has 0 aromatic carbocycles. The fourth-order valence-electron chi connectivity index (χ4n) is 2.24. The molecule has 0 atom stereocenters. The van der Waals surface area contributed by atoms with Crippen LogP contribution in [0.4, 0.5) is 0 Å². The summed E-state index contributed by atoms with van der Waals surface area (Å²) in [6.07, 6.45) is 6.57.